The van der Waals surface area contributed by atoms with Gasteiger partial charge < -0.3 is 5.11 Å². The Bertz CT molecular complexity index is 1150. The van der Waals surface area contributed by atoms with Gasteiger partial charge in [0.2, 0.25) is 0 Å². The molecule has 2 aromatic carbocycles. The maximum atomic E-state index is 13.2. The number of aromatic hydroxyl groups is 1. The Kier molecular flexibility index (Phi) is 2.39. The van der Waals surface area contributed by atoms with Crippen LogP contribution in [-0.4, -0.2) is 9.51 Å². The Balaban J connectivity index is 2.22. The molecule has 1 aliphatic rings. The standard InChI is InChI=1S/C20H17NO2/c1-11-9-10-14-13-7-4-8-16(22)18(13)21-19(14)17(11)12-5-2-3-6-15(12)20(21)23/h4,7-10,22H,2-3,5-6H2,1H3. The molecule has 114 valence electrons. The number of nitrogens with zero attached hydrogens (tertiary/aromatic N) is 1. The molecule has 2 aromatic heterocycles. The molecule has 2 heterocycles. The summed E-state index contributed by atoms with van der Waals surface area (Å²) in [7, 11) is 0. The number of hydrogen-bond donors (Lipinski definition) is 1. The van der Waals surface area contributed by atoms with Gasteiger partial charge in [0, 0.05) is 21.7 Å². The highest BCUT2D eigenvalue weighted by Gasteiger charge is 2.24. The molecule has 0 fully saturated rings. The smallest absolute Gasteiger partial charge is 0.259 e. The van der Waals surface area contributed by atoms with Crippen LogP contribution in [0.2, 0.25) is 0 Å². The van der Waals surface area contributed by atoms with Crippen molar-refractivity contribution in [3.05, 3.63) is 57.4 Å². The van der Waals surface area contributed by atoms with Crippen molar-refractivity contribution in [3.8, 4) is 5.75 Å². The molecule has 23 heavy (non-hydrogen) atoms. The molecule has 3 nitrogen and oxygen atoms in total. The SMILES string of the molecule is Cc1ccc2c3cccc(O)c3n3c(=O)c4c(c1c23)CCCC4. The molecule has 4 aromatic rings. The van der Waals surface area contributed by atoms with E-state index in [1.54, 1.807) is 10.5 Å². The number of benzene rings is 2. The van der Waals surface area contributed by atoms with Gasteiger partial charge in [0.1, 0.15) is 5.75 Å². The highest BCUT2D eigenvalue weighted by molar-refractivity contribution is 6.16. The van der Waals surface area contributed by atoms with E-state index in [9.17, 15) is 9.90 Å². The van der Waals surface area contributed by atoms with Gasteiger partial charge in [-0.3, -0.25) is 9.20 Å². The summed E-state index contributed by atoms with van der Waals surface area (Å²) in [4.78, 5) is 13.2. The lowest BCUT2D eigenvalue weighted by atomic mass is 9.88. The van der Waals surface area contributed by atoms with Crippen molar-refractivity contribution in [3.63, 3.8) is 0 Å². The second-order valence-electron chi connectivity index (χ2n) is 6.63. The Hall–Kier alpha value is -2.55. The molecule has 3 heteroatoms. The van der Waals surface area contributed by atoms with Gasteiger partial charge in [-0.15, -0.1) is 0 Å². The minimum atomic E-state index is 0.0549. The number of phenols is 1. The van der Waals surface area contributed by atoms with Gasteiger partial charge in [-0.05, 0) is 49.8 Å². The van der Waals surface area contributed by atoms with Crippen LogP contribution in [0.3, 0.4) is 0 Å². The van der Waals surface area contributed by atoms with Crippen LogP contribution in [0.5, 0.6) is 5.75 Å². The molecule has 0 amide bonds. The molecule has 1 aliphatic carbocycles. The predicted octanol–water partition coefficient (Wildman–Crippen LogP) is 3.94. The number of aromatic nitrogens is 1. The number of para-hydroxylation sites is 1. The Morgan fingerprint density at radius 2 is 1.70 bits per heavy atom. The molecule has 0 atom stereocenters. The Labute approximate surface area is 133 Å². The molecule has 0 radical (unpaired) electrons. The second kappa shape index (κ2) is 4.25. The number of pyridine rings is 1. The van der Waals surface area contributed by atoms with Crippen LogP contribution in [0.4, 0.5) is 0 Å². The van der Waals surface area contributed by atoms with Crippen molar-refractivity contribution >= 4 is 27.2 Å². The lowest BCUT2D eigenvalue weighted by Crippen LogP contribution is -2.23. The lowest BCUT2D eigenvalue weighted by molar-refractivity contribution is 0.480. The molecule has 0 unspecified atom stereocenters. The zero-order valence-electron chi connectivity index (χ0n) is 13.0. The number of aryl methyl sites for hydroxylation is 2. The van der Waals surface area contributed by atoms with Gasteiger partial charge in [-0.1, -0.05) is 24.3 Å². The number of rotatable bonds is 0. The number of fused-ring (bicyclic) bond motifs is 5. The van der Waals surface area contributed by atoms with Crippen molar-refractivity contribution in [2.24, 2.45) is 0 Å². The molecular formula is C20H17NO2. The fourth-order valence-corrected chi connectivity index (χ4v) is 4.37. The third kappa shape index (κ3) is 1.47. The zero-order valence-corrected chi connectivity index (χ0v) is 13.0. The first-order valence-electron chi connectivity index (χ1n) is 8.21. The van der Waals surface area contributed by atoms with Gasteiger partial charge in [-0.2, -0.15) is 0 Å². The Morgan fingerprint density at radius 1 is 0.957 bits per heavy atom. The van der Waals surface area contributed by atoms with Crippen molar-refractivity contribution < 1.29 is 5.11 Å². The average Bonchev–Trinajstić information content (AvgIpc) is 2.90. The van der Waals surface area contributed by atoms with Crippen LogP contribution in [0.15, 0.2) is 35.1 Å². The van der Waals surface area contributed by atoms with Crippen LogP contribution in [0, 0.1) is 6.92 Å². The topological polar surface area (TPSA) is 41.7 Å². The van der Waals surface area contributed by atoms with E-state index >= 15 is 0 Å². The zero-order chi connectivity index (χ0) is 15.7. The molecule has 1 N–H and O–H groups in total. The highest BCUT2D eigenvalue weighted by atomic mass is 16.3. The van der Waals surface area contributed by atoms with E-state index in [0.29, 0.717) is 5.52 Å². The maximum Gasteiger partial charge on any atom is 0.259 e. The van der Waals surface area contributed by atoms with Crippen LogP contribution in [0.25, 0.3) is 27.2 Å². The van der Waals surface area contributed by atoms with Crippen molar-refractivity contribution in [1.29, 1.82) is 0 Å². The summed E-state index contributed by atoms with van der Waals surface area (Å²) in [5.74, 6) is 0.176. The maximum absolute atomic E-state index is 13.2. The first kappa shape index (κ1) is 12.9. The van der Waals surface area contributed by atoms with Crippen molar-refractivity contribution in [1.82, 2.24) is 4.40 Å². The number of phenolic OH excluding ortho intramolecular Hbond substituents is 1. The fourth-order valence-electron chi connectivity index (χ4n) is 4.37. The van der Waals surface area contributed by atoms with E-state index in [-0.39, 0.29) is 11.3 Å². The molecule has 0 bridgehead atoms. The summed E-state index contributed by atoms with van der Waals surface area (Å²) in [5.41, 5.74) is 5.07. The van der Waals surface area contributed by atoms with E-state index < -0.39 is 0 Å². The van der Waals surface area contributed by atoms with Crippen molar-refractivity contribution in [2.75, 3.05) is 0 Å². The van der Waals surface area contributed by atoms with E-state index in [2.05, 4.69) is 19.1 Å². The third-order valence-electron chi connectivity index (χ3n) is 5.37. The fraction of sp³-hybridized carbons (Fsp3) is 0.250. The van der Waals surface area contributed by atoms with Crippen molar-refractivity contribution in [2.45, 2.75) is 32.6 Å². The van der Waals surface area contributed by atoms with E-state index in [1.165, 1.54) is 16.5 Å². The quantitative estimate of drug-likeness (QED) is 0.534. The molecule has 0 aliphatic heterocycles. The summed E-state index contributed by atoms with van der Waals surface area (Å²) in [6.45, 7) is 2.12. The van der Waals surface area contributed by atoms with E-state index in [1.807, 2.05) is 12.1 Å². The predicted molar refractivity (Wildman–Crippen MR) is 92.9 cm³/mol. The van der Waals surface area contributed by atoms with Gasteiger partial charge in [0.05, 0.1) is 11.0 Å². The van der Waals surface area contributed by atoms with E-state index in [4.69, 9.17) is 0 Å². The third-order valence-corrected chi connectivity index (χ3v) is 5.37. The van der Waals surface area contributed by atoms with Crippen LogP contribution in [-0.2, 0) is 12.8 Å². The average molecular weight is 303 g/mol. The van der Waals surface area contributed by atoms with Crippen LogP contribution in [0.1, 0.15) is 29.5 Å². The second-order valence-corrected chi connectivity index (χ2v) is 6.63. The Morgan fingerprint density at radius 3 is 2.52 bits per heavy atom. The summed E-state index contributed by atoms with van der Waals surface area (Å²) >= 11 is 0. The van der Waals surface area contributed by atoms with Crippen LogP contribution >= 0.6 is 0 Å². The van der Waals surface area contributed by atoms with Crippen LogP contribution < -0.4 is 5.56 Å². The van der Waals surface area contributed by atoms with Gasteiger partial charge in [-0.25, -0.2) is 0 Å². The van der Waals surface area contributed by atoms with Gasteiger partial charge in [0.15, 0.2) is 0 Å². The molecule has 0 saturated heterocycles. The van der Waals surface area contributed by atoms with Gasteiger partial charge in [0.25, 0.3) is 5.56 Å². The molecular weight excluding hydrogens is 286 g/mol. The normalized spacial score (nSPS) is 14.8. The highest BCUT2D eigenvalue weighted by Crippen LogP contribution is 2.39. The van der Waals surface area contributed by atoms with Gasteiger partial charge >= 0.3 is 0 Å². The summed E-state index contributed by atoms with van der Waals surface area (Å²) in [5, 5.41) is 13.6. The minimum Gasteiger partial charge on any atom is -0.506 e. The lowest BCUT2D eigenvalue weighted by Gasteiger charge is -2.19. The van der Waals surface area contributed by atoms with E-state index in [0.717, 1.165) is 47.5 Å². The summed E-state index contributed by atoms with van der Waals surface area (Å²) < 4.78 is 1.76. The largest absolute Gasteiger partial charge is 0.506 e. The number of hydrogen-bond acceptors (Lipinski definition) is 2. The molecule has 5 rings (SSSR count). The first-order valence-corrected chi connectivity index (χ1v) is 8.21. The first-order chi connectivity index (χ1) is 11.2. The summed E-state index contributed by atoms with van der Waals surface area (Å²) in [6, 6.07) is 9.71. The minimum absolute atomic E-state index is 0.0549. The summed E-state index contributed by atoms with van der Waals surface area (Å²) in [6.07, 6.45) is 4.04. The monoisotopic (exact) mass is 303 g/mol. The molecule has 0 spiro atoms. The molecule has 0 saturated carbocycles.